The molecule has 0 fully saturated rings. The van der Waals surface area contributed by atoms with E-state index in [0.717, 1.165) is 0 Å². The fraction of sp³-hybridized carbons (Fsp3) is 0. The standard InChI is InChI=1S/2Co.O.H2S4/c;;;1-3-4-2/h;;;1-2H. The van der Waals surface area contributed by atoms with Crippen molar-refractivity contribution >= 4 is 43.0 Å². The first-order chi connectivity index (χ1) is 2.91. The zero-order valence-corrected chi connectivity index (χ0v) is 8.29. The number of hydrogen-bond acceptors (Lipinski definition) is 5. The van der Waals surface area contributed by atoms with Crippen LogP contribution in [0.1, 0.15) is 0 Å². The van der Waals surface area contributed by atoms with E-state index >= 15 is 0 Å². The Morgan fingerprint density at radius 3 is 1.29 bits per heavy atom. The van der Waals surface area contributed by atoms with Crippen LogP contribution in [-0.2, 0) is 36.3 Å². The summed E-state index contributed by atoms with van der Waals surface area (Å²) in [6.07, 6.45) is 0. The zero-order valence-electron chi connectivity index (χ0n) is 2.79. The van der Waals surface area contributed by atoms with E-state index in [9.17, 15) is 0 Å². The third-order valence-electron chi connectivity index (χ3n) is 0.0333. The Balaban J connectivity index is -0.0000000480. The molecule has 0 heterocycles. The van der Waals surface area contributed by atoms with Crippen molar-refractivity contribution in [1.29, 1.82) is 0 Å². The maximum absolute atomic E-state index is 7.94. The molecule has 7 heteroatoms. The molecule has 50 valence electrons. The van der Waals surface area contributed by atoms with Crippen LogP contribution < -0.4 is 0 Å². The van der Waals surface area contributed by atoms with Crippen molar-refractivity contribution in [3.05, 3.63) is 0 Å². The summed E-state index contributed by atoms with van der Waals surface area (Å²) in [6, 6.07) is 0. The molecule has 0 saturated heterocycles. The van der Waals surface area contributed by atoms with Crippen LogP contribution in [0.5, 0.6) is 0 Å². The number of thiol groups is 2. The van der Waals surface area contributed by atoms with Gasteiger partial charge in [0.15, 0.2) is 0 Å². The van der Waals surface area contributed by atoms with E-state index in [-0.39, 0.29) is 16.8 Å². The molecule has 0 bridgehead atoms. The van der Waals surface area contributed by atoms with Crippen molar-refractivity contribution < 1.29 is 36.3 Å². The molecule has 0 N–H and O–H groups in total. The normalized spacial score (nSPS) is 5.00. The summed E-state index contributed by atoms with van der Waals surface area (Å²) in [5, 5.41) is 0. The van der Waals surface area contributed by atoms with E-state index in [1.165, 1.54) is 19.7 Å². The van der Waals surface area contributed by atoms with E-state index in [0.29, 0.717) is 0 Å². The van der Waals surface area contributed by atoms with Crippen LogP contribution in [0.25, 0.3) is 0 Å². The Labute approximate surface area is 78.5 Å². The van der Waals surface area contributed by atoms with E-state index in [1.54, 1.807) is 0 Å². The van der Waals surface area contributed by atoms with Gasteiger partial charge in [0.2, 0.25) is 0 Å². The van der Waals surface area contributed by atoms with Gasteiger partial charge < -0.3 is 0 Å². The van der Waals surface area contributed by atoms with Gasteiger partial charge in [0.1, 0.15) is 0 Å². The van der Waals surface area contributed by atoms with E-state index in [1.807, 2.05) is 0 Å². The number of rotatable bonds is 1. The summed E-state index contributed by atoms with van der Waals surface area (Å²) < 4.78 is 7.94. The van der Waals surface area contributed by atoms with Gasteiger partial charge in [0.25, 0.3) is 0 Å². The van der Waals surface area contributed by atoms with Gasteiger partial charge >= 0.3 is 19.5 Å². The first-order valence-electron chi connectivity index (χ1n) is 0.668. The third-order valence-corrected chi connectivity index (χ3v) is 2.70. The molecule has 0 aromatic heterocycles. The second kappa shape index (κ2) is 24.1. The molecule has 0 unspecified atom stereocenters. The fourth-order valence-corrected chi connectivity index (χ4v) is 0. The van der Waals surface area contributed by atoms with Gasteiger partial charge in [0.05, 0.1) is 0 Å². The molecule has 0 atom stereocenters. The molecule has 0 saturated carbocycles. The summed E-state index contributed by atoms with van der Waals surface area (Å²) in [4.78, 5) is 0. The summed E-state index contributed by atoms with van der Waals surface area (Å²) in [5.41, 5.74) is 0. The van der Waals surface area contributed by atoms with Crippen molar-refractivity contribution in [2.75, 3.05) is 0 Å². The van der Waals surface area contributed by atoms with Gasteiger partial charge in [-0.1, -0.05) is 23.3 Å². The van der Waals surface area contributed by atoms with Gasteiger partial charge in [-0.15, -0.1) is 0 Å². The van der Waals surface area contributed by atoms with Crippen LogP contribution in [0.4, 0.5) is 0 Å². The van der Waals surface area contributed by atoms with Gasteiger partial charge in [-0.05, 0) is 19.7 Å². The molecule has 0 aliphatic rings. The fourth-order valence-electron chi connectivity index (χ4n) is 0. The Morgan fingerprint density at radius 1 is 1.14 bits per heavy atom. The van der Waals surface area contributed by atoms with Crippen LogP contribution in [0.15, 0.2) is 0 Å². The molecular formula is H2Co2OS4. The molecule has 7 heavy (non-hydrogen) atoms. The van der Waals surface area contributed by atoms with Gasteiger partial charge in [-0.25, -0.2) is 0 Å². The second-order valence-corrected chi connectivity index (χ2v) is 4.02. The molecule has 0 amide bonds. The first kappa shape index (κ1) is 16.1. The van der Waals surface area contributed by atoms with Crippen molar-refractivity contribution in [1.82, 2.24) is 0 Å². The second-order valence-electron chi connectivity index (χ2n) is 0.149. The molecule has 1 nitrogen and oxygen atoms in total. The van der Waals surface area contributed by atoms with Crippen LogP contribution in [-0.4, -0.2) is 0 Å². The molecule has 0 rings (SSSR count). The SMILES string of the molecule is SSSS.[Co].[O]=[Co]. The average Bonchev–Trinajstić information content (AvgIpc) is 1.72. The Bertz CT molecular complexity index is 17.2. The predicted molar refractivity (Wildman–Crippen MR) is 33.8 cm³/mol. The Hall–Kier alpha value is 2.21. The Kier molecular flexibility index (Phi) is 55.4. The molecule has 0 aliphatic carbocycles. The molecule has 1 radical (unpaired) electrons. The molecule has 0 aromatic rings. The van der Waals surface area contributed by atoms with Crippen molar-refractivity contribution in [2.24, 2.45) is 0 Å². The van der Waals surface area contributed by atoms with Gasteiger partial charge in [0, 0.05) is 16.8 Å². The van der Waals surface area contributed by atoms with Crippen molar-refractivity contribution in [3.63, 3.8) is 0 Å². The zero-order chi connectivity index (χ0) is 5.41. The third kappa shape index (κ3) is 30.7. The molecule has 0 aliphatic heterocycles. The minimum absolute atomic E-state index is 0. The van der Waals surface area contributed by atoms with Crippen LogP contribution in [0, 0.1) is 0 Å². The first-order valence-corrected chi connectivity index (χ1v) is 5.35. The van der Waals surface area contributed by atoms with Gasteiger partial charge in [-0.3, -0.25) is 0 Å². The summed E-state index contributed by atoms with van der Waals surface area (Å²) in [7, 11) is 2.66. The molecule has 0 aromatic carbocycles. The topological polar surface area (TPSA) is 17.1 Å². The monoisotopic (exact) mass is 264 g/mol. The quantitative estimate of drug-likeness (QED) is 0.557. The van der Waals surface area contributed by atoms with E-state index < -0.39 is 0 Å². The van der Waals surface area contributed by atoms with Crippen LogP contribution in [0.3, 0.4) is 0 Å². The molecule has 0 spiro atoms. The van der Waals surface area contributed by atoms with Crippen molar-refractivity contribution in [3.8, 4) is 0 Å². The minimum atomic E-state index is 0. The average molecular weight is 264 g/mol. The Morgan fingerprint density at radius 2 is 1.29 bits per heavy atom. The summed E-state index contributed by atoms with van der Waals surface area (Å²) in [6.45, 7) is 0. The van der Waals surface area contributed by atoms with E-state index in [4.69, 9.17) is 3.87 Å². The predicted octanol–water partition coefficient (Wildman–Crippen LogP) is 1.93. The number of hydrogen-bond donors (Lipinski definition) is 2. The van der Waals surface area contributed by atoms with Crippen LogP contribution >= 0.6 is 43.0 Å². The van der Waals surface area contributed by atoms with Gasteiger partial charge in [-0.2, -0.15) is 0 Å². The summed E-state index contributed by atoms with van der Waals surface area (Å²) in [5.74, 6) is 0. The van der Waals surface area contributed by atoms with Crippen molar-refractivity contribution in [2.45, 2.75) is 0 Å². The van der Waals surface area contributed by atoms with E-state index in [2.05, 4.69) is 39.0 Å². The molecular weight excluding hydrogens is 262 g/mol. The summed E-state index contributed by atoms with van der Waals surface area (Å²) >= 11 is 9.76. The van der Waals surface area contributed by atoms with Crippen LogP contribution in [0.2, 0.25) is 0 Å². The maximum atomic E-state index is 7.94.